The first-order valence-corrected chi connectivity index (χ1v) is 8.00. The number of nitrogens with one attached hydrogen (secondary N) is 2. The van der Waals surface area contributed by atoms with Gasteiger partial charge < -0.3 is 10.6 Å². The third-order valence-electron chi connectivity index (χ3n) is 3.46. The molecule has 27 heavy (non-hydrogen) atoms. The number of aromatic nitrogens is 5. The quantitative estimate of drug-likeness (QED) is 0.713. The maximum absolute atomic E-state index is 13.5. The summed E-state index contributed by atoms with van der Waals surface area (Å²) in [5, 5.41) is 9.78. The molecule has 0 saturated carbocycles. The van der Waals surface area contributed by atoms with Crippen LogP contribution in [0.15, 0.2) is 36.9 Å². The minimum atomic E-state index is -3.17. The van der Waals surface area contributed by atoms with Gasteiger partial charge in [0.25, 0.3) is 0 Å². The highest BCUT2D eigenvalue weighted by Gasteiger charge is 2.28. The lowest BCUT2D eigenvalue weighted by atomic mass is 10.3. The molecule has 3 aromatic heterocycles. The summed E-state index contributed by atoms with van der Waals surface area (Å²) >= 11 is 0. The fourth-order valence-corrected chi connectivity index (χ4v) is 2.30. The van der Waals surface area contributed by atoms with Crippen molar-refractivity contribution in [3.63, 3.8) is 0 Å². The smallest absolute Gasteiger partial charge is 0.303 e. The molecular weight excluding hydrogens is 356 g/mol. The summed E-state index contributed by atoms with van der Waals surface area (Å²) in [4.78, 5) is 22.9. The number of anilines is 3. The molecule has 0 radical (unpaired) electrons. The standard InChI is InChI=1S/C17H17F2N7O/c1-10-7-22-26(9-10)13-8-21-15(23-11(2)27)6-12(13)24-14-4-5-20-16(25-14)17(3,18)19/h4-9H,1-3H3,(H2,20,21,23,24,25,27). The molecule has 0 aromatic carbocycles. The van der Waals surface area contributed by atoms with E-state index < -0.39 is 11.7 Å². The number of carbonyl (C=O) groups is 1. The Morgan fingerprint density at radius 3 is 2.63 bits per heavy atom. The first-order chi connectivity index (χ1) is 12.7. The Bertz CT molecular complexity index is 981. The predicted octanol–water partition coefficient (Wildman–Crippen LogP) is 3.18. The van der Waals surface area contributed by atoms with Crippen molar-refractivity contribution < 1.29 is 13.6 Å². The Kier molecular flexibility index (Phi) is 4.80. The highest BCUT2D eigenvalue weighted by atomic mass is 19.3. The van der Waals surface area contributed by atoms with E-state index in [-0.39, 0.29) is 11.7 Å². The molecule has 0 aliphatic heterocycles. The van der Waals surface area contributed by atoms with E-state index in [9.17, 15) is 13.6 Å². The van der Waals surface area contributed by atoms with Crippen molar-refractivity contribution in [1.29, 1.82) is 0 Å². The van der Waals surface area contributed by atoms with E-state index in [0.29, 0.717) is 17.2 Å². The fraction of sp³-hybridized carbons (Fsp3) is 0.235. The number of rotatable bonds is 5. The summed E-state index contributed by atoms with van der Waals surface area (Å²) in [6.45, 7) is 3.97. The lowest BCUT2D eigenvalue weighted by molar-refractivity contribution is -0.114. The van der Waals surface area contributed by atoms with Gasteiger partial charge in [-0.3, -0.25) is 4.79 Å². The Morgan fingerprint density at radius 2 is 2.00 bits per heavy atom. The van der Waals surface area contributed by atoms with Crippen LogP contribution in [0.2, 0.25) is 0 Å². The maximum Gasteiger partial charge on any atom is 0.303 e. The molecular formula is C17H17F2N7O. The Balaban J connectivity index is 2.02. The molecule has 0 saturated heterocycles. The largest absolute Gasteiger partial charge is 0.338 e. The number of aryl methyl sites for hydroxylation is 1. The van der Waals surface area contributed by atoms with Gasteiger partial charge in [0.2, 0.25) is 11.7 Å². The van der Waals surface area contributed by atoms with Crippen LogP contribution in [0.4, 0.5) is 26.1 Å². The summed E-state index contributed by atoms with van der Waals surface area (Å²) in [5.74, 6) is -3.58. The van der Waals surface area contributed by atoms with Crippen molar-refractivity contribution in [3.05, 3.63) is 48.3 Å². The van der Waals surface area contributed by atoms with Crippen LogP contribution in [-0.2, 0) is 10.7 Å². The number of halogens is 2. The average molecular weight is 373 g/mol. The van der Waals surface area contributed by atoms with Crippen LogP contribution in [0.3, 0.4) is 0 Å². The summed E-state index contributed by atoms with van der Waals surface area (Å²) in [5.41, 5.74) is 1.96. The molecule has 3 aromatic rings. The molecule has 10 heteroatoms. The van der Waals surface area contributed by atoms with Crippen molar-refractivity contribution in [2.24, 2.45) is 0 Å². The lowest BCUT2D eigenvalue weighted by Crippen LogP contribution is -2.14. The van der Waals surface area contributed by atoms with E-state index in [1.54, 1.807) is 23.1 Å². The van der Waals surface area contributed by atoms with Gasteiger partial charge in [-0.1, -0.05) is 0 Å². The second-order valence-electron chi connectivity index (χ2n) is 6.01. The van der Waals surface area contributed by atoms with Gasteiger partial charge in [0.1, 0.15) is 17.3 Å². The molecule has 3 heterocycles. The van der Waals surface area contributed by atoms with Crippen LogP contribution < -0.4 is 10.6 Å². The maximum atomic E-state index is 13.5. The highest BCUT2D eigenvalue weighted by Crippen LogP contribution is 2.28. The molecule has 3 rings (SSSR count). The zero-order valence-electron chi connectivity index (χ0n) is 14.9. The predicted molar refractivity (Wildman–Crippen MR) is 95.3 cm³/mol. The minimum absolute atomic E-state index is 0.173. The van der Waals surface area contributed by atoms with Gasteiger partial charge in [0.05, 0.1) is 18.1 Å². The van der Waals surface area contributed by atoms with Crippen LogP contribution >= 0.6 is 0 Å². The lowest BCUT2D eigenvalue weighted by Gasteiger charge is -2.14. The van der Waals surface area contributed by atoms with Crippen LogP contribution in [-0.4, -0.2) is 30.6 Å². The zero-order valence-corrected chi connectivity index (χ0v) is 14.9. The van der Waals surface area contributed by atoms with E-state index in [1.165, 1.54) is 25.4 Å². The van der Waals surface area contributed by atoms with Crippen molar-refractivity contribution in [2.75, 3.05) is 10.6 Å². The van der Waals surface area contributed by atoms with Crippen molar-refractivity contribution >= 4 is 23.2 Å². The molecule has 0 spiro atoms. The van der Waals surface area contributed by atoms with Crippen LogP contribution in [0.5, 0.6) is 0 Å². The average Bonchev–Trinajstić information content (AvgIpc) is 3.00. The van der Waals surface area contributed by atoms with E-state index in [1.807, 2.05) is 6.92 Å². The Labute approximate surface area is 153 Å². The monoisotopic (exact) mass is 373 g/mol. The number of amides is 1. The van der Waals surface area contributed by atoms with Crippen LogP contribution in [0, 0.1) is 6.92 Å². The van der Waals surface area contributed by atoms with Gasteiger partial charge in [0, 0.05) is 32.3 Å². The molecule has 140 valence electrons. The molecule has 8 nitrogen and oxygen atoms in total. The molecule has 0 atom stereocenters. The molecule has 0 unspecified atom stereocenters. The summed E-state index contributed by atoms with van der Waals surface area (Å²) in [6, 6.07) is 3.03. The number of nitrogens with zero attached hydrogens (tertiary/aromatic N) is 5. The summed E-state index contributed by atoms with van der Waals surface area (Å²) in [6.07, 6.45) is 6.21. The summed E-state index contributed by atoms with van der Waals surface area (Å²) in [7, 11) is 0. The van der Waals surface area contributed by atoms with Gasteiger partial charge in [-0.05, 0) is 18.6 Å². The van der Waals surface area contributed by atoms with Gasteiger partial charge in [-0.15, -0.1) is 0 Å². The van der Waals surface area contributed by atoms with Crippen molar-refractivity contribution in [3.8, 4) is 5.69 Å². The van der Waals surface area contributed by atoms with Crippen LogP contribution in [0.1, 0.15) is 25.2 Å². The second kappa shape index (κ2) is 7.06. The Hall–Kier alpha value is -3.43. The van der Waals surface area contributed by atoms with Crippen molar-refractivity contribution in [1.82, 2.24) is 24.7 Å². The number of carbonyl (C=O) groups excluding carboxylic acids is 1. The Morgan fingerprint density at radius 1 is 1.22 bits per heavy atom. The number of hydrogen-bond donors (Lipinski definition) is 2. The van der Waals surface area contributed by atoms with E-state index >= 15 is 0 Å². The first kappa shape index (κ1) is 18.4. The normalized spacial score (nSPS) is 11.3. The topological polar surface area (TPSA) is 97.6 Å². The SMILES string of the molecule is CC(=O)Nc1cc(Nc2ccnc(C(C)(F)F)n2)c(-n2cc(C)cn2)cn1. The van der Waals surface area contributed by atoms with Gasteiger partial charge in [-0.25, -0.2) is 19.6 Å². The van der Waals surface area contributed by atoms with E-state index in [0.717, 1.165) is 12.5 Å². The highest BCUT2D eigenvalue weighted by molar-refractivity contribution is 5.88. The third kappa shape index (κ3) is 4.40. The molecule has 0 bridgehead atoms. The second-order valence-corrected chi connectivity index (χ2v) is 6.01. The molecule has 0 aliphatic rings. The van der Waals surface area contributed by atoms with E-state index in [2.05, 4.69) is 30.7 Å². The van der Waals surface area contributed by atoms with Crippen molar-refractivity contribution in [2.45, 2.75) is 26.7 Å². The van der Waals surface area contributed by atoms with Gasteiger partial charge in [0.15, 0.2) is 0 Å². The van der Waals surface area contributed by atoms with Crippen LogP contribution in [0.25, 0.3) is 5.69 Å². The number of alkyl halides is 2. The number of pyridine rings is 1. The molecule has 1 amide bonds. The van der Waals surface area contributed by atoms with Gasteiger partial charge >= 0.3 is 5.92 Å². The number of hydrogen-bond acceptors (Lipinski definition) is 6. The van der Waals surface area contributed by atoms with Gasteiger partial charge in [-0.2, -0.15) is 13.9 Å². The first-order valence-electron chi connectivity index (χ1n) is 8.00. The molecule has 0 aliphatic carbocycles. The molecule has 2 N–H and O–H groups in total. The fourth-order valence-electron chi connectivity index (χ4n) is 2.30. The van der Waals surface area contributed by atoms with E-state index in [4.69, 9.17) is 0 Å². The summed E-state index contributed by atoms with van der Waals surface area (Å²) < 4.78 is 28.6. The molecule has 0 fully saturated rings. The zero-order chi connectivity index (χ0) is 19.6. The minimum Gasteiger partial charge on any atom is -0.338 e. The third-order valence-corrected chi connectivity index (χ3v) is 3.46.